The van der Waals surface area contributed by atoms with Gasteiger partial charge in [0.25, 0.3) is 0 Å². The van der Waals surface area contributed by atoms with E-state index in [9.17, 15) is 0 Å². The van der Waals surface area contributed by atoms with Crippen LogP contribution in [0.1, 0.15) is 69.8 Å². The number of rotatable bonds is 3. The van der Waals surface area contributed by atoms with Crippen molar-refractivity contribution in [2.24, 2.45) is 0 Å². The summed E-state index contributed by atoms with van der Waals surface area (Å²) < 4.78 is 2.50. The van der Waals surface area contributed by atoms with Crippen molar-refractivity contribution in [1.29, 1.82) is 0 Å². The average Bonchev–Trinajstić information content (AvgIpc) is 3.61. The predicted molar refractivity (Wildman–Crippen MR) is 196 cm³/mol. The smallest absolute Gasteiger partial charge is 0.0494 e. The molecule has 224 valence electrons. The van der Waals surface area contributed by atoms with Gasteiger partial charge in [0, 0.05) is 38.7 Å². The SMILES string of the molecule is CC(C)n1c2ccc(-c3ccc4c(c3)C(C)(C)c3ccccc3-4)cc2c2cc(-c3ccc4c(c3)C(C)(C)c3ccccc3-4)ccc21. The zero-order valence-corrected chi connectivity index (χ0v) is 27.6. The quantitative estimate of drug-likeness (QED) is 0.192. The van der Waals surface area contributed by atoms with E-state index in [1.165, 1.54) is 88.6 Å². The molecule has 0 spiro atoms. The first kappa shape index (κ1) is 27.4. The highest BCUT2D eigenvalue weighted by Gasteiger charge is 2.36. The van der Waals surface area contributed by atoms with Gasteiger partial charge >= 0.3 is 0 Å². The monoisotopic (exact) mass is 593 g/mol. The summed E-state index contributed by atoms with van der Waals surface area (Å²) >= 11 is 0. The second-order valence-electron chi connectivity index (χ2n) is 14.8. The third kappa shape index (κ3) is 3.63. The minimum absolute atomic E-state index is 0.0135. The lowest BCUT2D eigenvalue weighted by molar-refractivity contribution is 0.642. The lowest BCUT2D eigenvalue weighted by Crippen LogP contribution is -2.14. The molecule has 0 atom stereocenters. The van der Waals surface area contributed by atoms with Crippen LogP contribution in [0.2, 0.25) is 0 Å². The van der Waals surface area contributed by atoms with E-state index in [-0.39, 0.29) is 10.8 Å². The molecule has 1 heterocycles. The number of nitrogens with zero attached hydrogens (tertiary/aromatic N) is 1. The molecule has 2 aliphatic carbocycles. The van der Waals surface area contributed by atoms with E-state index in [1.54, 1.807) is 0 Å². The Morgan fingerprint density at radius 2 is 0.783 bits per heavy atom. The second-order valence-corrected chi connectivity index (χ2v) is 14.8. The summed E-state index contributed by atoms with van der Waals surface area (Å²) in [6.07, 6.45) is 0. The summed E-state index contributed by atoms with van der Waals surface area (Å²) in [5.41, 5.74) is 18.8. The first-order valence-corrected chi connectivity index (χ1v) is 16.7. The Labute approximate surface area is 272 Å². The molecule has 46 heavy (non-hydrogen) atoms. The molecule has 0 amide bonds. The van der Waals surface area contributed by atoms with Gasteiger partial charge in [-0.1, -0.05) is 113 Å². The Hall–Kier alpha value is -4.88. The van der Waals surface area contributed by atoms with Gasteiger partial charge in [0.2, 0.25) is 0 Å². The van der Waals surface area contributed by atoms with Gasteiger partial charge in [-0.2, -0.15) is 0 Å². The van der Waals surface area contributed by atoms with E-state index in [2.05, 4.69) is 167 Å². The van der Waals surface area contributed by atoms with Crippen molar-refractivity contribution in [3.05, 3.63) is 144 Å². The third-order valence-electron chi connectivity index (χ3n) is 11.2. The molecular formula is C45H39N. The van der Waals surface area contributed by atoms with Crippen molar-refractivity contribution < 1.29 is 0 Å². The van der Waals surface area contributed by atoms with Gasteiger partial charge in [0.1, 0.15) is 0 Å². The molecular weight excluding hydrogens is 555 g/mol. The Morgan fingerprint density at radius 3 is 1.22 bits per heavy atom. The minimum atomic E-state index is -0.0135. The fourth-order valence-corrected chi connectivity index (χ4v) is 8.74. The summed E-state index contributed by atoms with van der Waals surface area (Å²) in [6, 6.07) is 46.5. The van der Waals surface area contributed by atoms with Crippen LogP contribution in [0.15, 0.2) is 121 Å². The summed E-state index contributed by atoms with van der Waals surface area (Å²) in [4.78, 5) is 0. The summed E-state index contributed by atoms with van der Waals surface area (Å²) in [5, 5.41) is 2.64. The minimum Gasteiger partial charge on any atom is -0.338 e. The number of hydrogen-bond acceptors (Lipinski definition) is 0. The third-order valence-corrected chi connectivity index (χ3v) is 11.2. The van der Waals surface area contributed by atoms with Gasteiger partial charge < -0.3 is 4.57 Å². The van der Waals surface area contributed by atoms with Gasteiger partial charge in [0.15, 0.2) is 0 Å². The molecule has 1 nitrogen and oxygen atoms in total. The topological polar surface area (TPSA) is 4.93 Å². The van der Waals surface area contributed by atoms with Gasteiger partial charge in [0.05, 0.1) is 0 Å². The summed E-state index contributed by atoms with van der Waals surface area (Å²) in [5.74, 6) is 0. The molecule has 7 aromatic rings. The van der Waals surface area contributed by atoms with Crippen molar-refractivity contribution in [2.45, 2.75) is 58.4 Å². The first-order chi connectivity index (χ1) is 22.1. The molecule has 6 aromatic carbocycles. The number of hydrogen-bond donors (Lipinski definition) is 0. The Morgan fingerprint density at radius 1 is 0.413 bits per heavy atom. The molecule has 0 unspecified atom stereocenters. The highest BCUT2D eigenvalue weighted by Crippen LogP contribution is 2.51. The Bertz CT molecular complexity index is 2230. The second kappa shape index (κ2) is 9.33. The lowest BCUT2D eigenvalue weighted by Gasteiger charge is -2.22. The largest absolute Gasteiger partial charge is 0.338 e. The zero-order chi connectivity index (χ0) is 31.5. The predicted octanol–water partition coefficient (Wildman–Crippen LogP) is 12.3. The van der Waals surface area contributed by atoms with E-state index >= 15 is 0 Å². The van der Waals surface area contributed by atoms with Gasteiger partial charge in [-0.25, -0.2) is 0 Å². The first-order valence-electron chi connectivity index (χ1n) is 16.7. The van der Waals surface area contributed by atoms with Crippen LogP contribution in [0.5, 0.6) is 0 Å². The molecule has 0 aliphatic heterocycles. The Kier molecular flexibility index (Phi) is 5.56. The maximum absolute atomic E-state index is 2.50. The van der Waals surface area contributed by atoms with Crippen LogP contribution >= 0.6 is 0 Å². The van der Waals surface area contributed by atoms with Crippen LogP contribution in [0.3, 0.4) is 0 Å². The van der Waals surface area contributed by atoms with Gasteiger partial charge in [-0.05, 0) is 117 Å². The molecule has 0 N–H and O–H groups in total. The molecule has 0 saturated heterocycles. The van der Waals surface area contributed by atoms with E-state index in [0.29, 0.717) is 6.04 Å². The molecule has 1 aromatic heterocycles. The lowest BCUT2D eigenvalue weighted by atomic mass is 9.81. The zero-order valence-electron chi connectivity index (χ0n) is 27.6. The molecule has 2 aliphatic rings. The van der Waals surface area contributed by atoms with Crippen molar-refractivity contribution in [1.82, 2.24) is 4.57 Å². The van der Waals surface area contributed by atoms with E-state index in [1.807, 2.05) is 0 Å². The molecule has 0 radical (unpaired) electrons. The molecule has 0 fully saturated rings. The van der Waals surface area contributed by atoms with Crippen LogP contribution in [0, 0.1) is 0 Å². The molecule has 0 saturated carbocycles. The Balaban J connectivity index is 1.19. The van der Waals surface area contributed by atoms with Gasteiger partial charge in [-0.15, -0.1) is 0 Å². The normalized spacial score (nSPS) is 15.3. The molecule has 0 bridgehead atoms. The van der Waals surface area contributed by atoms with Crippen LogP contribution in [0.4, 0.5) is 0 Å². The molecule has 9 rings (SSSR count). The van der Waals surface area contributed by atoms with Crippen LogP contribution < -0.4 is 0 Å². The van der Waals surface area contributed by atoms with Gasteiger partial charge in [-0.3, -0.25) is 0 Å². The highest BCUT2D eigenvalue weighted by atomic mass is 15.0. The number of benzene rings is 6. The van der Waals surface area contributed by atoms with Crippen molar-refractivity contribution in [3.8, 4) is 44.5 Å². The fraction of sp³-hybridized carbons (Fsp3) is 0.200. The summed E-state index contributed by atoms with van der Waals surface area (Å²) in [7, 11) is 0. The maximum Gasteiger partial charge on any atom is 0.0494 e. The van der Waals surface area contributed by atoms with Crippen LogP contribution in [0.25, 0.3) is 66.3 Å². The number of aromatic nitrogens is 1. The van der Waals surface area contributed by atoms with E-state index in [0.717, 1.165) is 0 Å². The highest BCUT2D eigenvalue weighted by molar-refractivity contribution is 6.11. The van der Waals surface area contributed by atoms with Crippen molar-refractivity contribution >= 4 is 21.8 Å². The number of fused-ring (bicyclic) bond motifs is 9. The van der Waals surface area contributed by atoms with Crippen molar-refractivity contribution in [2.75, 3.05) is 0 Å². The van der Waals surface area contributed by atoms with Crippen LogP contribution in [-0.4, -0.2) is 4.57 Å². The maximum atomic E-state index is 2.50. The molecule has 1 heteroatoms. The average molecular weight is 594 g/mol. The van der Waals surface area contributed by atoms with Crippen LogP contribution in [-0.2, 0) is 10.8 Å². The van der Waals surface area contributed by atoms with Crippen molar-refractivity contribution in [3.63, 3.8) is 0 Å². The standard InChI is InChI=1S/C45H39N/c1-27(2)46-42-21-17-28(30-15-19-34-32-11-7-9-13-38(32)44(3,4)40(34)25-30)23-36(42)37-24-29(18-22-43(37)46)31-16-20-35-33-12-8-10-14-39(33)45(5,6)41(35)26-31/h7-27H,1-6H3. The van der Waals surface area contributed by atoms with E-state index < -0.39 is 0 Å². The summed E-state index contributed by atoms with van der Waals surface area (Å²) in [6.45, 7) is 14.0. The fourth-order valence-electron chi connectivity index (χ4n) is 8.74. The van der Waals surface area contributed by atoms with E-state index in [4.69, 9.17) is 0 Å².